The lowest BCUT2D eigenvalue weighted by Gasteiger charge is -2.05. The second-order valence-corrected chi connectivity index (χ2v) is 5.90. The number of benzene rings is 1. The van der Waals surface area contributed by atoms with Crippen LogP contribution < -0.4 is 0 Å². The number of carbonyl (C=O) groups is 1. The molecule has 3 heteroatoms. The summed E-state index contributed by atoms with van der Waals surface area (Å²) in [6.07, 6.45) is 5.90. The average molecular weight is 298 g/mol. The van der Waals surface area contributed by atoms with E-state index >= 15 is 0 Å². The molecular weight excluding hydrogens is 272 g/mol. The summed E-state index contributed by atoms with van der Waals surface area (Å²) < 4.78 is 1.61. The van der Waals surface area contributed by atoms with E-state index in [1.54, 1.807) is 4.68 Å². The van der Waals surface area contributed by atoms with E-state index < -0.39 is 0 Å². The summed E-state index contributed by atoms with van der Waals surface area (Å²) >= 11 is 0. The predicted molar refractivity (Wildman–Crippen MR) is 90.3 cm³/mol. The van der Waals surface area contributed by atoms with Crippen LogP contribution in [0.15, 0.2) is 30.3 Å². The Hall–Kier alpha value is -1.90. The number of aromatic nitrogens is 2. The molecule has 2 aromatic rings. The zero-order valence-electron chi connectivity index (χ0n) is 13.9. The average Bonchev–Trinajstić information content (AvgIpc) is 2.82. The van der Waals surface area contributed by atoms with Crippen LogP contribution in [0.4, 0.5) is 0 Å². The minimum atomic E-state index is 0.0891. The molecule has 1 heterocycles. The quantitative estimate of drug-likeness (QED) is 0.705. The Labute approximate surface area is 133 Å². The highest BCUT2D eigenvalue weighted by Gasteiger charge is 2.16. The molecule has 0 bridgehead atoms. The van der Waals surface area contributed by atoms with Gasteiger partial charge in [0.05, 0.1) is 5.69 Å². The maximum Gasteiger partial charge on any atom is 0.247 e. The molecule has 118 valence electrons. The Bertz CT molecular complexity index is 614. The number of unbranched alkanes of at least 4 members (excludes halogenated alkanes) is 2. The maximum atomic E-state index is 12.4. The summed E-state index contributed by atoms with van der Waals surface area (Å²) in [5.41, 5.74) is 4.47. The summed E-state index contributed by atoms with van der Waals surface area (Å²) in [7, 11) is 0. The zero-order chi connectivity index (χ0) is 15.9. The SMILES string of the molecule is CCCCCc1c(C)nn(C(=O)CCc2ccccc2)c1C. The van der Waals surface area contributed by atoms with Crippen LogP contribution in [0, 0.1) is 13.8 Å². The predicted octanol–water partition coefficient (Wildman–Crippen LogP) is 4.51. The first-order valence-corrected chi connectivity index (χ1v) is 8.25. The summed E-state index contributed by atoms with van der Waals surface area (Å²) in [5.74, 6) is 0.0891. The van der Waals surface area contributed by atoms with Gasteiger partial charge in [-0.2, -0.15) is 5.10 Å². The molecule has 0 atom stereocenters. The summed E-state index contributed by atoms with van der Waals surface area (Å²) in [6, 6.07) is 10.1. The summed E-state index contributed by atoms with van der Waals surface area (Å²) in [6.45, 7) is 6.23. The van der Waals surface area contributed by atoms with Gasteiger partial charge in [-0.3, -0.25) is 4.79 Å². The van der Waals surface area contributed by atoms with E-state index in [2.05, 4.69) is 24.2 Å². The van der Waals surface area contributed by atoms with Gasteiger partial charge in [0.15, 0.2) is 0 Å². The molecule has 0 unspecified atom stereocenters. The Balaban J connectivity index is 2.02. The number of rotatable bonds is 7. The van der Waals surface area contributed by atoms with Crippen molar-refractivity contribution < 1.29 is 4.79 Å². The van der Waals surface area contributed by atoms with Crippen LogP contribution >= 0.6 is 0 Å². The second kappa shape index (κ2) is 7.92. The zero-order valence-corrected chi connectivity index (χ0v) is 13.9. The molecule has 0 spiro atoms. The van der Waals surface area contributed by atoms with Crippen LogP contribution in [0.25, 0.3) is 0 Å². The van der Waals surface area contributed by atoms with Crippen molar-refractivity contribution in [3.05, 3.63) is 52.8 Å². The van der Waals surface area contributed by atoms with Crippen molar-refractivity contribution in [3.63, 3.8) is 0 Å². The van der Waals surface area contributed by atoms with Crippen LogP contribution in [-0.4, -0.2) is 15.7 Å². The van der Waals surface area contributed by atoms with Gasteiger partial charge >= 0.3 is 0 Å². The van der Waals surface area contributed by atoms with Gasteiger partial charge < -0.3 is 0 Å². The van der Waals surface area contributed by atoms with Crippen molar-refractivity contribution in [2.24, 2.45) is 0 Å². The maximum absolute atomic E-state index is 12.4. The first-order chi connectivity index (χ1) is 10.6. The first kappa shape index (κ1) is 16.5. The van der Waals surface area contributed by atoms with E-state index in [0.29, 0.717) is 6.42 Å². The van der Waals surface area contributed by atoms with E-state index in [0.717, 1.165) is 24.2 Å². The van der Waals surface area contributed by atoms with Crippen LogP contribution in [0.2, 0.25) is 0 Å². The van der Waals surface area contributed by atoms with Gasteiger partial charge in [-0.1, -0.05) is 50.1 Å². The number of hydrogen-bond acceptors (Lipinski definition) is 2. The molecule has 1 aromatic heterocycles. The topological polar surface area (TPSA) is 34.9 Å². The third-order valence-corrected chi connectivity index (χ3v) is 4.18. The van der Waals surface area contributed by atoms with E-state index in [9.17, 15) is 4.79 Å². The fourth-order valence-corrected chi connectivity index (χ4v) is 2.83. The molecule has 22 heavy (non-hydrogen) atoms. The van der Waals surface area contributed by atoms with Crippen LogP contribution in [0.3, 0.4) is 0 Å². The van der Waals surface area contributed by atoms with Gasteiger partial charge in [0.25, 0.3) is 0 Å². The number of aryl methyl sites for hydroxylation is 2. The highest BCUT2D eigenvalue weighted by Crippen LogP contribution is 2.17. The number of carbonyl (C=O) groups excluding carboxylic acids is 1. The molecule has 0 aliphatic carbocycles. The van der Waals surface area contributed by atoms with E-state index in [-0.39, 0.29) is 5.91 Å². The normalized spacial score (nSPS) is 10.9. The molecule has 0 fully saturated rings. The molecule has 3 nitrogen and oxygen atoms in total. The Morgan fingerprint density at radius 3 is 2.50 bits per heavy atom. The van der Waals surface area contributed by atoms with Crippen molar-refractivity contribution >= 4 is 5.91 Å². The van der Waals surface area contributed by atoms with E-state index in [1.165, 1.54) is 30.4 Å². The van der Waals surface area contributed by atoms with Gasteiger partial charge in [0.1, 0.15) is 0 Å². The Morgan fingerprint density at radius 2 is 1.82 bits per heavy atom. The van der Waals surface area contributed by atoms with Gasteiger partial charge in [0, 0.05) is 12.1 Å². The van der Waals surface area contributed by atoms with Crippen LogP contribution in [0.5, 0.6) is 0 Å². The van der Waals surface area contributed by atoms with E-state index in [4.69, 9.17) is 0 Å². The standard InChI is InChI=1S/C19H26N2O/c1-4-5-7-12-18-15(2)20-21(16(18)3)19(22)14-13-17-10-8-6-9-11-17/h6,8-11H,4-5,7,12-14H2,1-3H3. The fourth-order valence-electron chi connectivity index (χ4n) is 2.83. The lowest BCUT2D eigenvalue weighted by Crippen LogP contribution is -2.15. The number of nitrogens with zero attached hydrogens (tertiary/aromatic N) is 2. The van der Waals surface area contributed by atoms with Gasteiger partial charge in [0.2, 0.25) is 5.91 Å². The van der Waals surface area contributed by atoms with Crippen molar-refractivity contribution in [3.8, 4) is 0 Å². The molecule has 0 amide bonds. The molecule has 0 N–H and O–H groups in total. The van der Waals surface area contributed by atoms with E-state index in [1.807, 2.05) is 32.0 Å². The largest absolute Gasteiger partial charge is 0.273 e. The van der Waals surface area contributed by atoms with Crippen LogP contribution in [-0.2, 0) is 12.8 Å². The third kappa shape index (κ3) is 4.06. The van der Waals surface area contributed by atoms with Crippen molar-refractivity contribution in [1.82, 2.24) is 9.78 Å². The first-order valence-electron chi connectivity index (χ1n) is 8.25. The summed E-state index contributed by atoms with van der Waals surface area (Å²) in [5, 5.41) is 4.47. The van der Waals surface area contributed by atoms with Crippen molar-refractivity contribution in [2.45, 2.75) is 59.3 Å². The smallest absolute Gasteiger partial charge is 0.247 e. The molecule has 0 radical (unpaired) electrons. The Morgan fingerprint density at radius 1 is 1.09 bits per heavy atom. The van der Waals surface area contributed by atoms with Gasteiger partial charge in [-0.05, 0) is 44.2 Å². The molecule has 0 aliphatic rings. The lowest BCUT2D eigenvalue weighted by molar-refractivity contribution is 0.0884. The van der Waals surface area contributed by atoms with Gasteiger partial charge in [-0.15, -0.1) is 0 Å². The minimum absolute atomic E-state index is 0.0891. The second-order valence-electron chi connectivity index (χ2n) is 5.90. The van der Waals surface area contributed by atoms with Crippen LogP contribution in [0.1, 0.15) is 59.9 Å². The number of hydrogen-bond donors (Lipinski definition) is 0. The molecule has 1 aromatic carbocycles. The van der Waals surface area contributed by atoms with Gasteiger partial charge in [-0.25, -0.2) is 4.68 Å². The minimum Gasteiger partial charge on any atom is -0.273 e. The lowest BCUT2D eigenvalue weighted by atomic mass is 10.1. The fraction of sp³-hybridized carbons (Fsp3) is 0.474. The molecular formula is C19H26N2O. The molecule has 2 rings (SSSR count). The summed E-state index contributed by atoms with van der Waals surface area (Å²) in [4.78, 5) is 12.4. The van der Waals surface area contributed by atoms with Crippen molar-refractivity contribution in [1.29, 1.82) is 0 Å². The van der Waals surface area contributed by atoms with Crippen molar-refractivity contribution in [2.75, 3.05) is 0 Å². The third-order valence-electron chi connectivity index (χ3n) is 4.18. The monoisotopic (exact) mass is 298 g/mol. The highest BCUT2D eigenvalue weighted by atomic mass is 16.2. The Kier molecular flexibility index (Phi) is 5.93. The highest BCUT2D eigenvalue weighted by molar-refractivity contribution is 5.79. The molecule has 0 saturated carbocycles. The molecule has 0 saturated heterocycles. The molecule has 0 aliphatic heterocycles.